The summed E-state index contributed by atoms with van der Waals surface area (Å²) < 4.78 is 39.0. The number of alkyl halides is 3. The lowest BCUT2D eigenvalue weighted by Gasteiger charge is -2.22. The van der Waals surface area contributed by atoms with Crippen molar-refractivity contribution in [1.29, 1.82) is 0 Å². The van der Waals surface area contributed by atoms with Gasteiger partial charge >= 0.3 is 12.1 Å². The fourth-order valence-electron chi connectivity index (χ4n) is 2.62. The van der Waals surface area contributed by atoms with E-state index < -0.39 is 35.6 Å². The highest BCUT2D eigenvalue weighted by Gasteiger charge is 2.36. The third-order valence-corrected chi connectivity index (χ3v) is 3.63. The van der Waals surface area contributed by atoms with Crippen molar-refractivity contribution in [2.24, 2.45) is 0 Å². The Kier molecular flexibility index (Phi) is 4.81. The van der Waals surface area contributed by atoms with Crippen molar-refractivity contribution in [3.63, 3.8) is 0 Å². The molecule has 24 heavy (non-hydrogen) atoms. The summed E-state index contributed by atoms with van der Waals surface area (Å²) in [5.74, 6) is -2.59. The van der Waals surface area contributed by atoms with Crippen molar-refractivity contribution in [2.75, 3.05) is 11.9 Å². The van der Waals surface area contributed by atoms with E-state index in [1.165, 1.54) is 0 Å². The predicted octanol–water partition coefficient (Wildman–Crippen LogP) is 2.35. The van der Waals surface area contributed by atoms with Crippen molar-refractivity contribution in [3.8, 4) is 0 Å². The van der Waals surface area contributed by atoms with Gasteiger partial charge < -0.3 is 15.3 Å². The van der Waals surface area contributed by atoms with Crippen LogP contribution in [-0.4, -0.2) is 40.4 Å². The predicted molar refractivity (Wildman–Crippen MR) is 77.4 cm³/mol. The second-order valence-corrected chi connectivity index (χ2v) is 5.47. The average molecular weight is 344 g/mol. The van der Waals surface area contributed by atoms with Crippen LogP contribution in [0, 0.1) is 0 Å². The number of carboxylic acids is 1. The second-order valence-electron chi connectivity index (χ2n) is 5.47. The summed E-state index contributed by atoms with van der Waals surface area (Å²) in [5, 5.41) is 11.3. The Balaban J connectivity index is 2.42. The lowest BCUT2D eigenvalue weighted by atomic mass is 10.1. The maximum atomic E-state index is 13.0. The van der Waals surface area contributed by atoms with E-state index in [0.29, 0.717) is 12.5 Å². The first-order valence-electron chi connectivity index (χ1n) is 7.13. The van der Waals surface area contributed by atoms with Gasteiger partial charge in [-0.25, -0.2) is 4.79 Å². The molecule has 1 heterocycles. The summed E-state index contributed by atoms with van der Waals surface area (Å²) in [7, 11) is 0. The van der Waals surface area contributed by atoms with Crippen molar-refractivity contribution in [1.82, 2.24) is 4.90 Å². The smallest absolute Gasteiger partial charge is 0.416 e. The van der Waals surface area contributed by atoms with E-state index in [-0.39, 0.29) is 24.2 Å². The zero-order valence-electron chi connectivity index (χ0n) is 12.7. The number of anilines is 1. The zero-order valence-corrected chi connectivity index (χ0v) is 12.7. The number of amides is 2. The van der Waals surface area contributed by atoms with E-state index in [0.717, 1.165) is 24.0 Å². The largest absolute Gasteiger partial charge is 0.480 e. The summed E-state index contributed by atoms with van der Waals surface area (Å²) in [6.07, 6.45) is -4.00. The molecule has 0 saturated carbocycles. The highest BCUT2D eigenvalue weighted by Crippen LogP contribution is 2.33. The number of carbonyl (C=O) groups is 3. The molecule has 6 nitrogen and oxygen atoms in total. The number of likely N-dealkylation sites (tertiary alicyclic amines) is 1. The van der Waals surface area contributed by atoms with E-state index in [4.69, 9.17) is 5.11 Å². The molecule has 130 valence electrons. The average Bonchev–Trinajstić information content (AvgIpc) is 2.94. The fraction of sp³-hybridized carbons (Fsp3) is 0.400. The number of aliphatic carboxylic acids is 1. The number of nitrogens with zero attached hydrogens (tertiary/aromatic N) is 1. The van der Waals surface area contributed by atoms with Gasteiger partial charge in [0.2, 0.25) is 5.91 Å². The van der Waals surface area contributed by atoms with Gasteiger partial charge in [0.15, 0.2) is 0 Å². The summed E-state index contributed by atoms with van der Waals surface area (Å²) in [5.41, 5.74) is -1.59. The standard InChI is InChI=1S/C15H15F3N2O4/c1-8(21)19-11-6-9(5-10(7-11)15(16,17)18)13(22)20-4-2-3-12(20)14(23)24/h5-7,12H,2-4H2,1H3,(H,19,21)(H,23,24). The molecular weight excluding hydrogens is 329 g/mol. The first-order valence-corrected chi connectivity index (χ1v) is 7.13. The number of halogens is 3. The molecule has 0 aliphatic carbocycles. The maximum absolute atomic E-state index is 13.0. The molecule has 1 atom stereocenters. The molecule has 0 spiro atoms. The van der Waals surface area contributed by atoms with Crippen molar-refractivity contribution >= 4 is 23.5 Å². The Morgan fingerprint density at radius 1 is 1.25 bits per heavy atom. The normalized spacial score (nSPS) is 17.7. The Morgan fingerprint density at radius 3 is 2.46 bits per heavy atom. The number of rotatable bonds is 3. The van der Waals surface area contributed by atoms with Gasteiger partial charge in [-0.3, -0.25) is 9.59 Å². The summed E-state index contributed by atoms with van der Waals surface area (Å²) in [6, 6.07) is 1.43. The van der Waals surface area contributed by atoms with Crippen LogP contribution in [0.3, 0.4) is 0 Å². The molecule has 1 aromatic carbocycles. The molecule has 9 heteroatoms. The minimum Gasteiger partial charge on any atom is -0.480 e. The van der Waals surface area contributed by atoms with Crippen LogP contribution < -0.4 is 5.32 Å². The van der Waals surface area contributed by atoms with E-state index in [1.54, 1.807) is 0 Å². The number of hydrogen-bond donors (Lipinski definition) is 2. The first-order chi connectivity index (χ1) is 11.1. The van der Waals surface area contributed by atoms with Crippen molar-refractivity contribution in [2.45, 2.75) is 32.0 Å². The van der Waals surface area contributed by atoms with Crippen LogP contribution in [0.4, 0.5) is 18.9 Å². The molecular formula is C15H15F3N2O4. The minimum atomic E-state index is -4.71. The molecule has 0 aromatic heterocycles. The van der Waals surface area contributed by atoms with Gasteiger partial charge in [-0.15, -0.1) is 0 Å². The van der Waals surface area contributed by atoms with Gasteiger partial charge in [-0.05, 0) is 31.0 Å². The van der Waals surface area contributed by atoms with Crippen LogP contribution in [0.5, 0.6) is 0 Å². The Morgan fingerprint density at radius 2 is 1.92 bits per heavy atom. The molecule has 1 fully saturated rings. The minimum absolute atomic E-state index is 0.154. The van der Waals surface area contributed by atoms with Crippen LogP contribution in [0.2, 0.25) is 0 Å². The maximum Gasteiger partial charge on any atom is 0.416 e. The molecule has 1 aliphatic rings. The van der Waals surface area contributed by atoms with Gasteiger partial charge in [0.25, 0.3) is 5.91 Å². The van der Waals surface area contributed by atoms with Crippen LogP contribution in [0.1, 0.15) is 35.7 Å². The molecule has 1 aromatic rings. The Labute approximate surface area is 135 Å². The zero-order chi connectivity index (χ0) is 18.1. The molecule has 2 amide bonds. The lowest BCUT2D eigenvalue weighted by Crippen LogP contribution is -2.40. The highest BCUT2D eigenvalue weighted by molar-refractivity contribution is 5.99. The quantitative estimate of drug-likeness (QED) is 0.881. The number of hydrogen-bond acceptors (Lipinski definition) is 3. The fourth-order valence-corrected chi connectivity index (χ4v) is 2.62. The number of carboxylic acid groups (broad SMARTS) is 1. The molecule has 1 unspecified atom stereocenters. The highest BCUT2D eigenvalue weighted by atomic mass is 19.4. The summed E-state index contributed by atoms with van der Waals surface area (Å²) >= 11 is 0. The SMILES string of the molecule is CC(=O)Nc1cc(C(=O)N2CCCC2C(=O)O)cc(C(F)(F)F)c1. The summed E-state index contributed by atoms with van der Waals surface area (Å²) in [6.45, 7) is 1.28. The number of benzene rings is 1. The van der Waals surface area contributed by atoms with Gasteiger partial charge in [-0.2, -0.15) is 13.2 Å². The number of carbonyl (C=O) groups excluding carboxylic acids is 2. The lowest BCUT2D eigenvalue weighted by molar-refractivity contribution is -0.141. The van der Waals surface area contributed by atoms with Crippen LogP contribution in [0.15, 0.2) is 18.2 Å². The van der Waals surface area contributed by atoms with E-state index in [2.05, 4.69) is 5.32 Å². The molecule has 1 aliphatic heterocycles. The van der Waals surface area contributed by atoms with E-state index >= 15 is 0 Å². The van der Waals surface area contributed by atoms with Gasteiger partial charge in [0.1, 0.15) is 6.04 Å². The molecule has 1 saturated heterocycles. The van der Waals surface area contributed by atoms with E-state index in [1.807, 2.05) is 0 Å². The third-order valence-electron chi connectivity index (χ3n) is 3.63. The topological polar surface area (TPSA) is 86.7 Å². The second kappa shape index (κ2) is 6.50. The molecule has 0 radical (unpaired) electrons. The third kappa shape index (κ3) is 3.84. The van der Waals surface area contributed by atoms with Gasteiger partial charge in [0, 0.05) is 24.7 Å². The molecule has 0 bridgehead atoms. The summed E-state index contributed by atoms with van der Waals surface area (Å²) in [4.78, 5) is 35.7. The van der Waals surface area contributed by atoms with Crippen LogP contribution in [-0.2, 0) is 15.8 Å². The Bertz CT molecular complexity index is 688. The van der Waals surface area contributed by atoms with Crippen LogP contribution in [0.25, 0.3) is 0 Å². The van der Waals surface area contributed by atoms with Crippen molar-refractivity contribution < 1.29 is 32.7 Å². The van der Waals surface area contributed by atoms with E-state index in [9.17, 15) is 27.6 Å². The van der Waals surface area contributed by atoms with Crippen molar-refractivity contribution in [3.05, 3.63) is 29.3 Å². The van der Waals surface area contributed by atoms with Crippen LogP contribution >= 0.6 is 0 Å². The van der Waals surface area contributed by atoms with Gasteiger partial charge in [0.05, 0.1) is 5.56 Å². The first kappa shape index (κ1) is 17.8. The number of nitrogens with one attached hydrogen (secondary N) is 1. The molecule has 2 rings (SSSR count). The van der Waals surface area contributed by atoms with Gasteiger partial charge in [-0.1, -0.05) is 0 Å². The monoisotopic (exact) mass is 344 g/mol. The Hall–Kier alpha value is -2.58. The molecule has 2 N–H and O–H groups in total.